The number of imide groups is 1. The van der Waals surface area contributed by atoms with Crippen LogP contribution < -0.4 is 4.74 Å². The number of piperidine rings is 1. The van der Waals surface area contributed by atoms with Gasteiger partial charge in [0.2, 0.25) is 5.91 Å². The first-order valence-corrected chi connectivity index (χ1v) is 14.4. The Hall–Kier alpha value is -1.52. The van der Waals surface area contributed by atoms with Crippen molar-refractivity contribution in [3.63, 3.8) is 0 Å². The van der Waals surface area contributed by atoms with Gasteiger partial charge < -0.3 is 9.64 Å². The molecule has 0 aliphatic carbocycles. The highest BCUT2D eigenvalue weighted by molar-refractivity contribution is 9.11. The largest absolute Gasteiger partial charge is 0.486 e. The molecule has 0 radical (unpaired) electrons. The zero-order chi connectivity index (χ0) is 26.0. The predicted octanol–water partition coefficient (Wildman–Crippen LogP) is 7.39. The quantitative estimate of drug-likeness (QED) is 0.299. The second kappa shape index (κ2) is 11.9. The van der Waals surface area contributed by atoms with Crippen LogP contribution in [0, 0.1) is 5.92 Å². The Morgan fingerprint density at radius 1 is 1.14 bits per heavy atom. The first kappa shape index (κ1) is 27.5. The minimum Gasteiger partial charge on any atom is -0.486 e. The second-order valence-electron chi connectivity index (χ2n) is 8.67. The molecule has 2 heterocycles. The lowest BCUT2D eigenvalue weighted by molar-refractivity contribution is -0.136. The van der Waals surface area contributed by atoms with Crippen molar-refractivity contribution in [1.82, 2.24) is 9.80 Å². The minimum absolute atomic E-state index is 0.196. The number of rotatable bonds is 6. The van der Waals surface area contributed by atoms with Crippen LogP contribution in [-0.4, -0.2) is 46.5 Å². The van der Waals surface area contributed by atoms with E-state index < -0.39 is 11.1 Å². The van der Waals surface area contributed by atoms with Crippen molar-refractivity contribution in [2.45, 2.75) is 26.4 Å². The second-order valence-corrected chi connectivity index (χ2v) is 12.2. The third-order valence-electron chi connectivity index (χ3n) is 6.01. The van der Waals surface area contributed by atoms with E-state index in [1.165, 1.54) is 0 Å². The van der Waals surface area contributed by atoms with Crippen molar-refractivity contribution >= 4 is 90.0 Å². The summed E-state index contributed by atoms with van der Waals surface area (Å²) in [5.74, 6) is 0.486. The molecule has 11 heteroatoms. The molecule has 0 bridgehead atoms. The average molecular weight is 677 g/mol. The molecule has 0 unspecified atom stereocenters. The zero-order valence-corrected chi connectivity index (χ0v) is 24.7. The lowest BCUT2D eigenvalue weighted by atomic mass is 9.99. The van der Waals surface area contributed by atoms with Gasteiger partial charge in [-0.2, -0.15) is 0 Å². The minimum atomic E-state index is -0.464. The van der Waals surface area contributed by atoms with Gasteiger partial charge in [-0.15, -0.1) is 0 Å². The fraction of sp³-hybridized carbons (Fsp3) is 0.320. The molecule has 0 spiro atoms. The maximum atomic E-state index is 12.9. The summed E-state index contributed by atoms with van der Waals surface area (Å²) in [6, 6.07) is 8.78. The Bertz CT molecular complexity index is 1230. The van der Waals surface area contributed by atoms with Crippen LogP contribution in [0.25, 0.3) is 6.08 Å². The van der Waals surface area contributed by atoms with Crippen LogP contribution in [0.3, 0.4) is 0 Å². The van der Waals surface area contributed by atoms with E-state index >= 15 is 0 Å². The van der Waals surface area contributed by atoms with Crippen molar-refractivity contribution in [3.05, 3.63) is 65.4 Å². The van der Waals surface area contributed by atoms with Crippen LogP contribution in [0.1, 0.15) is 30.9 Å². The number of halogens is 4. The standard InChI is InChI=1S/C25H22Br2Cl2N2O4S/c1-14-4-6-30(7-5-14)22(32)12-31-24(33)21(36-25(31)34)10-15-8-18(26)23(19(27)9-15)35-13-16-2-3-17(28)11-20(16)29/h2-3,8-11,14H,4-7,12-13H2,1H3/b21-10+. The molecule has 2 fully saturated rings. The van der Waals surface area contributed by atoms with E-state index in [1.54, 1.807) is 41.3 Å². The molecule has 2 aromatic carbocycles. The fourth-order valence-electron chi connectivity index (χ4n) is 3.87. The van der Waals surface area contributed by atoms with Gasteiger partial charge in [0.1, 0.15) is 18.9 Å². The summed E-state index contributed by atoms with van der Waals surface area (Å²) in [5.41, 5.74) is 1.47. The van der Waals surface area contributed by atoms with Crippen LogP contribution in [0.15, 0.2) is 44.2 Å². The van der Waals surface area contributed by atoms with E-state index in [9.17, 15) is 14.4 Å². The fourth-order valence-corrected chi connectivity index (χ4v) is 6.62. The van der Waals surface area contributed by atoms with Crippen molar-refractivity contribution in [2.24, 2.45) is 5.92 Å². The van der Waals surface area contributed by atoms with Gasteiger partial charge in [0, 0.05) is 28.7 Å². The van der Waals surface area contributed by atoms with E-state index in [2.05, 4.69) is 38.8 Å². The molecular formula is C25H22Br2Cl2N2O4S. The number of carbonyl (C=O) groups excluding carboxylic acids is 3. The molecule has 190 valence electrons. The molecule has 0 aromatic heterocycles. The summed E-state index contributed by atoms with van der Waals surface area (Å²) >= 11 is 20.0. The van der Waals surface area contributed by atoms with Gasteiger partial charge in [-0.05, 0) is 98.3 Å². The summed E-state index contributed by atoms with van der Waals surface area (Å²) < 4.78 is 7.25. The number of amides is 3. The topological polar surface area (TPSA) is 66.9 Å². The SMILES string of the molecule is CC1CCN(C(=O)CN2C(=O)S/C(=C/c3cc(Br)c(OCc4ccc(Cl)cc4Cl)c(Br)c3)C2=O)CC1. The lowest BCUT2D eigenvalue weighted by Crippen LogP contribution is -2.45. The molecule has 0 N–H and O–H groups in total. The highest BCUT2D eigenvalue weighted by Gasteiger charge is 2.37. The molecule has 2 aliphatic rings. The number of benzene rings is 2. The number of nitrogens with zero attached hydrogens (tertiary/aromatic N) is 2. The van der Waals surface area contributed by atoms with Crippen molar-refractivity contribution < 1.29 is 19.1 Å². The van der Waals surface area contributed by atoms with Crippen molar-refractivity contribution in [2.75, 3.05) is 19.6 Å². The third kappa shape index (κ3) is 6.48. The molecule has 4 rings (SSSR count). The number of hydrogen-bond donors (Lipinski definition) is 0. The smallest absolute Gasteiger partial charge is 0.294 e. The number of thioether (sulfide) groups is 1. The maximum absolute atomic E-state index is 12.9. The summed E-state index contributed by atoms with van der Waals surface area (Å²) in [5, 5.41) is 0.615. The molecular weight excluding hydrogens is 655 g/mol. The van der Waals surface area contributed by atoms with Gasteiger partial charge in [-0.25, -0.2) is 0 Å². The third-order valence-corrected chi connectivity index (χ3v) is 8.68. The average Bonchev–Trinajstić information content (AvgIpc) is 3.07. The molecule has 2 aliphatic heterocycles. The summed E-state index contributed by atoms with van der Waals surface area (Å²) in [6.07, 6.45) is 3.50. The number of hydrogen-bond acceptors (Lipinski definition) is 5. The van der Waals surface area contributed by atoms with Gasteiger partial charge in [0.15, 0.2) is 0 Å². The van der Waals surface area contributed by atoms with Crippen LogP contribution >= 0.6 is 66.8 Å². The Balaban J connectivity index is 1.44. The van der Waals surface area contributed by atoms with Gasteiger partial charge in [0.25, 0.3) is 11.1 Å². The van der Waals surface area contributed by atoms with Crippen LogP contribution in [-0.2, 0) is 16.2 Å². The Morgan fingerprint density at radius 3 is 2.44 bits per heavy atom. The first-order chi connectivity index (χ1) is 17.1. The van der Waals surface area contributed by atoms with Gasteiger partial charge in [0.05, 0.1) is 13.9 Å². The number of likely N-dealkylation sites (tertiary alicyclic amines) is 1. The molecule has 3 amide bonds. The van der Waals surface area contributed by atoms with Gasteiger partial charge >= 0.3 is 0 Å². The molecule has 36 heavy (non-hydrogen) atoms. The molecule has 6 nitrogen and oxygen atoms in total. The highest BCUT2D eigenvalue weighted by Crippen LogP contribution is 2.38. The number of carbonyl (C=O) groups is 3. The molecule has 0 atom stereocenters. The zero-order valence-electron chi connectivity index (χ0n) is 19.2. The number of ether oxygens (including phenoxy) is 1. The van der Waals surface area contributed by atoms with Crippen LogP contribution in [0.2, 0.25) is 10.0 Å². The van der Waals surface area contributed by atoms with Gasteiger partial charge in [-0.3, -0.25) is 19.3 Å². The summed E-state index contributed by atoms with van der Waals surface area (Å²) in [6.45, 7) is 3.48. The van der Waals surface area contributed by atoms with E-state index in [-0.39, 0.29) is 24.0 Å². The normalized spacial score (nSPS) is 17.9. The summed E-state index contributed by atoms with van der Waals surface area (Å²) in [7, 11) is 0. The van der Waals surface area contributed by atoms with Crippen LogP contribution in [0.4, 0.5) is 4.79 Å². The lowest BCUT2D eigenvalue weighted by Gasteiger charge is -2.31. The Kier molecular flexibility index (Phi) is 9.09. The van der Waals surface area contributed by atoms with Crippen molar-refractivity contribution in [3.8, 4) is 5.75 Å². The van der Waals surface area contributed by atoms with Crippen LogP contribution in [0.5, 0.6) is 5.75 Å². The van der Waals surface area contributed by atoms with Crippen molar-refractivity contribution in [1.29, 1.82) is 0 Å². The van der Waals surface area contributed by atoms with E-state index in [0.29, 0.717) is 49.3 Å². The van der Waals surface area contributed by atoms with E-state index in [0.717, 1.165) is 35.1 Å². The molecule has 2 aromatic rings. The molecule has 0 saturated carbocycles. The van der Waals surface area contributed by atoms with E-state index in [4.69, 9.17) is 27.9 Å². The van der Waals surface area contributed by atoms with E-state index in [1.807, 2.05) is 0 Å². The Morgan fingerprint density at radius 2 is 1.81 bits per heavy atom. The summed E-state index contributed by atoms with van der Waals surface area (Å²) in [4.78, 5) is 41.1. The monoisotopic (exact) mass is 674 g/mol. The predicted molar refractivity (Wildman–Crippen MR) is 150 cm³/mol. The maximum Gasteiger partial charge on any atom is 0.294 e. The highest BCUT2D eigenvalue weighted by atomic mass is 79.9. The Labute approximate surface area is 240 Å². The first-order valence-electron chi connectivity index (χ1n) is 11.2. The molecule has 2 saturated heterocycles. The van der Waals surface area contributed by atoms with Gasteiger partial charge in [-0.1, -0.05) is 36.2 Å².